The van der Waals surface area contributed by atoms with Crippen LogP contribution < -0.4 is 5.32 Å². The summed E-state index contributed by atoms with van der Waals surface area (Å²) < 4.78 is 5.21. The van der Waals surface area contributed by atoms with E-state index in [0.717, 1.165) is 13.2 Å². The molecule has 1 saturated carbocycles. The summed E-state index contributed by atoms with van der Waals surface area (Å²) in [5, 5.41) is 3.71. The molecular weight excluding hydrogens is 234 g/mol. The standard InChI is InChI=1S/C17H27NO/c1-13-9-14(2)11-16(10-13)15(3)18-12-17(5-6-17)7-8-19-4/h9-11,15,18H,5-8,12H2,1-4H3. The number of aryl methyl sites for hydroxylation is 2. The molecule has 1 aromatic rings. The van der Waals surface area contributed by atoms with Gasteiger partial charge in [0.2, 0.25) is 0 Å². The number of benzene rings is 1. The van der Waals surface area contributed by atoms with Crippen molar-refractivity contribution in [3.63, 3.8) is 0 Å². The third kappa shape index (κ3) is 4.05. The van der Waals surface area contributed by atoms with Gasteiger partial charge in [-0.3, -0.25) is 0 Å². The van der Waals surface area contributed by atoms with Gasteiger partial charge in [0, 0.05) is 26.3 Å². The topological polar surface area (TPSA) is 21.3 Å². The molecule has 2 nitrogen and oxygen atoms in total. The van der Waals surface area contributed by atoms with Crippen molar-refractivity contribution in [1.29, 1.82) is 0 Å². The monoisotopic (exact) mass is 261 g/mol. The molecule has 1 atom stereocenters. The summed E-state index contributed by atoms with van der Waals surface area (Å²) in [4.78, 5) is 0. The molecule has 1 fully saturated rings. The summed E-state index contributed by atoms with van der Waals surface area (Å²) in [6.45, 7) is 8.61. The predicted octanol–water partition coefficient (Wildman–Crippen LogP) is 3.77. The van der Waals surface area contributed by atoms with Crippen LogP contribution in [0.5, 0.6) is 0 Å². The van der Waals surface area contributed by atoms with E-state index in [9.17, 15) is 0 Å². The molecule has 1 N–H and O–H groups in total. The Labute approximate surface area is 117 Å². The largest absolute Gasteiger partial charge is 0.385 e. The normalized spacial score (nSPS) is 18.3. The smallest absolute Gasteiger partial charge is 0.0468 e. The fourth-order valence-electron chi connectivity index (χ4n) is 2.76. The van der Waals surface area contributed by atoms with E-state index < -0.39 is 0 Å². The van der Waals surface area contributed by atoms with Crippen molar-refractivity contribution < 1.29 is 4.74 Å². The zero-order valence-corrected chi connectivity index (χ0v) is 12.8. The van der Waals surface area contributed by atoms with Gasteiger partial charge in [-0.25, -0.2) is 0 Å². The number of hydrogen-bond acceptors (Lipinski definition) is 2. The Hall–Kier alpha value is -0.860. The Morgan fingerprint density at radius 1 is 1.21 bits per heavy atom. The number of rotatable bonds is 7. The maximum atomic E-state index is 5.21. The summed E-state index contributed by atoms with van der Waals surface area (Å²) in [6.07, 6.45) is 3.89. The molecule has 106 valence electrons. The van der Waals surface area contributed by atoms with Crippen LogP contribution in [0.2, 0.25) is 0 Å². The predicted molar refractivity (Wildman–Crippen MR) is 80.5 cm³/mol. The molecule has 1 aliphatic carbocycles. The highest BCUT2D eigenvalue weighted by Gasteiger charge is 2.41. The van der Waals surface area contributed by atoms with Gasteiger partial charge < -0.3 is 10.1 Å². The highest BCUT2D eigenvalue weighted by molar-refractivity contribution is 5.30. The Kier molecular flexibility index (Phi) is 4.64. The van der Waals surface area contributed by atoms with Gasteiger partial charge in [-0.2, -0.15) is 0 Å². The molecule has 0 aliphatic heterocycles. The quantitative estimate of drug-likeness (QED) is 0.806. The van der Waals surface area contributed by atoms with Crippen LogP contribution in [-0.4, -0.2) is 20.3 Å². The van der Waals surface area contributed by atoms with Crippen LogP contribution in [-0.2, 0) is 4.74 Å². The third-order valence-electron chi connectivity index (χ3n) is 4.32. The summed E-state index contributed by atoms with van der Waals surface area (Å²) in [5.74, 6) is 0. The second kappa shape index (κ2) is 6.06. The zero-order valence-electron chi connectivity index (χ0n) is 12.8. The minimum absolute atomic E-state index is 0.429. The lowest BCUT2D eigenvalue weighted by atomic mass is 9.99. The highest BCUT2D eigenvalue weighted by atomic mass is 16.5. The average Bonchev–Trinajstić information content (AvgIpc) is 3.13. The molecule has 2 heteroatoms. The zero-order chi connectivity index (χ0) is 13.9. The van der Waals surface area contributed by atoms with Gasteiger partial charge in [-0.05, 0) is 51.0 Å². The molecule has 1 aliphatic rings. The molecule has 2 rings (SSSR count). The lowest BCUT2D eigenvalue weighted by Gasteiger charge is -2.21. The Morgan fingerprint density at radius 2 is 1.84 bits per heavy atom. The van der Waals surface area contributed by atoms with Crippen LogP contribution >= 0.6 is 0 Å². The lowest BCUT2D eigenvalue weighted by molar-refractivity contribution is 0.170. The Balaban J connectivity index is 1.89. The molecule has 0 saturated heterocycles. The highest BCUT2D eigenvalue weighted by Crippen LogP contribution is 2.48. The average molecular weight is 261 g/mol. The first-order valence-corrected chi connectivity index (χ1v) is 7.35. The van der Waals surface area contributed by atoms with E-state index >= 15 is 0 Å². The van der Waals surface area contributed by atoms with E-state index in [1.165, 1.54) is 36.0 Å². The van der Waals surface area contributed by atoms with E-state index in [0.29, 0.717) is 11.5 Å². The molecule has 1 aromatic carbocycles. The van der Waals surface area contributed by atoms with Gasteiger partial charge in [0.05, 0.1) is 0 Å². The van der Waals surface area contributed by atoms with Crippen LogP contribution in [0.4, 0.5) is 0 Å². The second-order valence-electron chi connectivity index (χ2n) is 6.27. The lowest BCUT2D eigenvalue weighted by Crippen LogP contribution is -2.27. The van der Waals surface area contributed by atoms with Crippen molar-refractivity contribution in [2.75, 3.05) is 20.3 Å². The molecule has 0 amide bonds. The summed E-state index contributed by atoms with van der Waals surface area (Å²) in [6, 6.07) is 7.24. The maximum absolute atomic E-state index is 5.21. The van der Waals surface area contributed by atoms with Gasteiger partial charge in [0.15, 0.2) is 0 Å². The van der Waals surface area contributed by atoms with Crippen molar-refractivity contribution in [3.05, 3.63) is 34.9 Å². The van der Waals surface area contributed by atoms with Gasteiger partial charge >= 0.3 is 0 Å². The number of hydrogen-bond donors (Lipinski definition) is 1. The summed E-state index contributed by atoms with van der Waals surface area (Å²) in [7, 11) is 1.79. The van der Waals surface area contributed by atoms with Crippen LogP contribution in [0.1, 0.15) is 48.9 Å². The SMILES string of the molecule is COCCC1(CNC(C)c2cc(C)cc(C)c2)CC1. The minimum atomic E-state index is 0.429. The summed E-state index contributed by atoms with van der Waals surface area (Å²) in [5.41, 5.74) is 4.62. The Morgan fingerprint density at radius 3 is 2.37 bits per heavy atom. The molecule has 0 aromatic heterocycles. The maximum Gasteiger partial charge on any atom is 0.0468 e. The van der Waals surface area contributed by atoms with Crippen LogP contribution in [0.3, 0.4) is 0 Å². The minimum Gasteiger partial charge on any atom is -0.385 e. The van der Waals surface area contributed by atoms with Crippen LogP contribution in [0.25, 0.3) is 0 Å². The van der Waals surface area contributed by atoms with Crippen molar-refractivity contribution >= 4 is 0 Å². The molecule has 0 heterocycles. The van der Waals surface area contributed by atoms with Gasteiger partial charge in [0.25, 0.3) is 0 Å². The van der Waals surface area contributed by atoms with Gasteiger partial charge in [-0.15, -0.1) is 0 Å². The van der Waals surface area contributed by atoms with Crippen molar-refractivity contribution in [3.8, 4) is 0 Å². The van der Waals surface area contributed by atoms with Gasteiger partial charge in [0.1, 0.15) is 0 Å². The third-order valence-corrected chi connectivity index (χ3v) is 4.32. The van der Waals surface area contributed by atoms with Crippen molar-refractivity contribution in [2.45, 2.75) is 46.1 Å². The molecule has 0 bridgehead atoms. The van der Waals surface area contributed by atoms with Crippen molar-refractivity contribution in [1.82, 2.24) is 5.32 Å². The molecule has 0 spiro atoms. The molecule has 0 radical (unpaired) electrons. The van der Waals surface area contributed by atoms with Gasteiger partial charge in [-0.1, -0.05) is 29.3 Å². The van der Waals surface area contributed by atoms with Crippen molar-refractivity contribution in [2.24, 2.45) is 5.41 Å². The number of methoxy groups -OCH3 is 1. The van der Waals surface area contributed by atoms with E-state index in [4.69, 9.17) is 4.74 Å². The Bertz CT molecular complexity index is 403. The van der Waals surface area contributed by atoms with Crippen LogP contribution in [0.15, 0.2) is 18.2 Å². The first kappa shape index (κ1) is 14.5. The van der Waals surface area contributed by atoms with E-state index in [1.54, 1.807) is 7.11 Å². The molecule has 1 unspecified atom stereocenters. The number of ether oxygens (including phenoxy) is 1. The second-order valence-corrected chi connectivity index (χ2v) is 6.27. The first-order valence-electron chi connectivity index (χ1n) is 7.35. The fourth-order valence-corrected chi connectivity index (χ4v) is 2.76. The van der Waals surface area contributed by atoms with E-state index in [2.05, 4.69) is 44.3 Å². The first-order chi connectivity index (χ1) is 9.04. The van der Waals surface area contributed by atoms with E-state index in [1.807, 2.05) is 0 Å². The fraction of sp³-hybridized carbons (Fsp3) is 0.647. The number of nitrogens with one attached hydrogen (secondary N) is 1. The van der Waals surface area contributed by atoms with E-state index in [-0.39, 0.29) is 0 Å². The molecular formula is C17H27NO. The molecule has 19 heavy (non-hydrogen) atoms. The summed E-state index contributed by atoms with van der Waals surface area (Å²) >= 11 is 0. The van der Waals surface area contributed by atoms with Crippen LogP contribution in [0, 0.1) is 19.3 Å².